The van der Waals surface area contributed by atoms with Crippen molar-refractivity contribution in [3.63, 3.8) is 0 Å². The van der Waals surface area contributed by atoms with Gasteiger partial charge in [0.2, 0.25) is 0 Å². The Bertz CT molecular complexity index is 80.9. The van der Waals surface area contributed by atoms with Crippen molar-refractivity contribution in [2.75, 3.05) is 0 Å². The summed E-state index contributed by atoms with van der Waals surface area (Å²) in [5.74, 6) is 0. The van der Waals surface area contributed by atoms with Gasteiger partial charge in [-0.25, -0.2) is 0 Å². The molecule has 0 aromatic rings. The summed E-state index contributed by atoms with van der Waals surface area (Å²) in [5.41, 5.74) is 0. The molecule has 5 nitrogen and oxygen atoms in total. The van der Waals surface area contributed by atoms with E-state index in [0.29, 0.717) is 0 Å². The first-order chi connectivity index (χ1) is 4.73. The highest BCUT2D eigenvalue weighted by atomic mass is 31.1. The smallest absolute Gasteiger partial charge is 0.314 e. The van der Waals surface area contributed by atoms with Gasteiger partial charge in [-0.2, -0.15) is 0 Å². The fourth-order valence-electron chi connectivity index (χ4n) is 0.250. The van der Waals surface area contributed by atoms with E-state index < -0.39 is 8.25 Å². The molecular formula is C6H21N2O3P. The Labute approximate surface area is 74.6 Å². The molecule has 0 spiro atoms. The van der Waals surface area contributed by atoms with Gasteiger partial charge in [-0.15, -0.1) is 13.2 Å². The van der Waals surface area contributed by atoms with Crippen LogP contribution in [0.1, 0.15) is 25.7 Å². The molecule has 0 aromatic heterocycles. The van der Waals surface area contributed by atoms with E-state index in [2.05, 4.69) is 13.2 Å². The minimum absolute atomic E-state index is 0. The average molecular weight is 200 g/mol. The van der Waals surface area contributed by atoms with Gasteiger partial charge in [0.15, 0.2) is 0 Å². The second kappa shape index (κ2) is 22.4. The van der Waals surface area contributed by atoms with Gasteiger partial charge in [-0.05, 0) is 0 Å². The predicted molar refractivity (Wildman–Crippen MR) is 53.2 cm³/mol. The second-order valence-electron chi connectivity index (χ2n) is 1.70. The number of hydrogen-bond donors (Lipinski definition) is 4. The molecular weight excluding hydrogens is 179 g/mol. The lowest BCUT2D eigenvalue weighted by atomic mass is 10.0. The SMILES string of the molecule is C1CCC1.C=C.N.N.O=[PH](O)O. The van der Waals surface area contributed by atoms with Gasteiger partial charge in [0, 0.05) is 0 Å². The summed E-state index contributed by atoms with van der Waals surface area (Å²) in [6.07, 6.45) is 6.00. The van der Waals surface area contributed by atoms with Crippen molar-refractivity contribution >= 4 is 8.25 Å². The second-order valence-corrected chi connectivity index (χ2v) is 2.26. The summed E-state index contributed by atoms with van der Waals surface area (Å²) in [7, 11) is -3.13. The molecule has 0 aliphatic heterocycles. The topological polar surface area (TPSA) is 128 Å². The third kappa shape index (κ3) is 52.5. The molecule has 0 radical (unpaired) electrons. The normalized spacial score (nSPS) is 11.2. The average Bonchev–Trinajstić information content (AvgIpc) is 1.63. The first-order valence-electron chi connectivity index (χ1n) is 3.15. The maximum absolute atomic E-state index is 8.74. The van der Waals surface area contributed by atoms with Gasteiger partial charge in [-0.3, -0.25) is 4.57 Å². The number of hydrogen-bond acceptors (Lipinski definition) is 3. The number of rotatable bonds is 0. The molecule has 0 saturated heterocycles. The molecule has 0 heterocycles. The lowest BCUT2D eigenvalue weighted by molar-refractivity contribution is 0.405. The standard InChI is InChI=1S/C4H8.C2H4.2H3N.H3O3P/c1-2-4-3-1;1-2;;;1-4(2)3/h1-4H2;1-2H2;2*1H3;4H,(H2,1,2,3). The van der Waals surface area contributed by atoms with E-state index in [4.69, 9.17) is 14.4 Å². The van der Waals surface area contributed by atoms with Crippen LogP contribution in [-0.2, 0) is 4.57 Å². The molecule has 8 N–H and O–H groups in total. The molecule has 1 aliphatic rings. The van der Waals surface area contributed by atoms with Crippen LogP contribution in [0.3, 0.4) is 0 Å². The highest BCUT2D eigenvalue weighted by Gasteiger charge is 1.95. The lowest BCUT2D eigenvalue weighted by Gasteiger charge is -2.05. The van der Waals surface area contributed by atoms with Gasteiger partial charge in [0.1, 0.15) is 0 Å². The first kappa shape index (κ1) is 22.6. The molecule has 1 aliphatic carbocycles. The molecule has 0 amide bonds. The lowest BCUT2D eigenvalue weighted by Crippen LogP contribution is -1.85. The van der Waals surface area contributed by atoms with Crippen LogP contribution in [0.4, 0.5) is 0 Å². The minimum atomic E-state index is -3.13. The molecule has 6 heteroatoms. The Kier molecular flexibility index (Phi) is 42.3. The van der Waals surface area contributed by atoms with Gasteiger partial charge in [0.05, 0.1) is 0 Å². The molecule has 1 rings (SSSR count). The van der Waals surface area contributed by atoms with E-state index in [9.17, 15) is 0 Å². The van der Waals surface area contributed by atoms with Crippen molar-refractivity contribution in [3.8, 4) is 0 Å². The van der Waals surface area contributed by atoms with E-state index in [1.165, 1.54) is 25.7 Å². The summed E-state index contributed by atoms with van der Waals surface area (Å²) < 4.78 is 8.74. The molecule has 12 heavy (non-hydrogen) atoms. The molecule has 0 atom stereocenters. The van der Waals surface area contributed by atoms with Crippen LogP contribution in [0.15, 0.2) is 13.2 Å². The maximum atomic E-state index is 8.74. The highest BCUT2D eigenvalue weighted by molar-refractivity contribution is 7.30. The molecule has 0 unspecified atom stereocenters. The maximum Gasteiger partial charge on any atom is 0.314 e. The molecule has 1 fully saturated rings. The molecule has 0 bridgehead atoms. The molecule has 1 saturated carbocycles. The van der Waals surface area contributed by atoms with Crippen molar-refractivity contribution in [2.45, 2.75) is 25.7 Å². The summed E-state index contributed by atoms with van der Waals surface area (Å²) >= 11 is 0. The summed E-state index contributed by atoms with van der Waals surface area (Å²) in [6.45, 7) is 6.00. The Morgan fingerprint density at radius 2 is 1.00 bits per heavy atom. The Morgan fingerprint density at radius 3 is 1.00 bits per heavy atom. The fourth-order valence-corrected chi connectivity index (χ4v) is 0.250. The van der Waals surface area contributed by atoms with Crippen molar-refractivity contribution in [1.82, 2.24) is 12.3 Å². The van der Waals surface area contributed by atoms with E-state index in [0.717, 1.165) is 0 Å². The van der Waals surface area contributed by atoms with Crippen molar-refractivity contribution < 1.29 is 14.4 Å². The van der Waals surface area contributed by atoms with E-state index in [-0.39, 0.29) is 12.3 Å². The highest BCUT2D eigenvalue weighted by Crippen LogP contribution is 2.15. The zero-order chi connectivity index (χ0) is 8.41. The molecule has 78 valence electrons. The summed E-state index contributed by atoms with van der Waals surface area (Å²) in [6, 6.07) is 0. The van der Waals surface area contributed by atoms with E-state index in [1.54, 1.807) is 0 Å². The van der Waals surface area contributed by atoms with Gasteiger partial charge in [-0.1, -0.05) is 25.7 Å². The first-order valence-corrected chi connectivity index (χ1v) is 4.45. The van der Waals surface area contributed by atoms with Crippen molar-refractivity contribution in [3.05, 3.63) is 13.2 Å². The van der Waals surface area contributed by atoms with Gasteiger partial charge in [0.25, 0.3) is 0 Å². The van der Waals surface area contributed by atoms with Crippen LogP contribution in [0, 0.1) is 0 Å². The van der Waals surface area contributed by atoms with Crippen LogP contribution in [0.25, 0.3) is 0 Å². The van der Waals surface area contributed by atoms with Crippen LogP contribution in [0.5, 0.6) is 0 Å². The largest absolute Gasteiger partial charge is 0.344 e. The van der Waals surface area contributed by atoms with Crippen LogP contribution in [0.2, 0.25) is 0 Å². The Balaban J connectivity index is -0.0000000390. The quantitative estimate of drug-likeness (QED) is 0.351. The van der Waals surface area contributed by atoms with Crippen molar-refractivity contribution in [1.29, 1.82) is 0 Å². The third-order valence-corrected chi connectivity index (χ3v) is 1.000. The molecule has 0 aromatic carbocycles. The summed E-state index contributed by atoms with van der Waals surface area (Å²) in [5, 5.41) is 0. The predicted octanol–water partition coefficient (Wildman–Crippen LogP) is 2.05. The van der Waals surface area contributed by atoms with Crippen LogP contribution >= 0.6 is 8.25 Å². The van der Waals surface area contributed by atoms with Gasteiger partial charge < -0.3 is 22.1 Å². The zero-order valence-electron chi connectivity index (χ0n) is 7.46. The fraction of sp³-hybridized carbons (Fsp3) is 0.667. The van der Waals surface area contributed by atoms with Crippen LogP contribution in [-0.4, -0.2) is 9.79 Å². The summed E-state index contributed by atoms with van der Waals surface area (Å²) in [4.78, 5) is 14.3. The van der Waals surface area contributed by atoms with Gasteiger partial charge >= 0.3 is 8.25 Å². The third-order valence-electron chi connectivity index (χ3n) is 1.000. The monoisotopic (exact) mass is 200 g/mol. The van der Waals surface area contributed by atoms with Crippen molar-refractivity contribution in [2.24, 2.45) is 0 Å². The minimum Gasteiger partial charge on any atom is -0.344 e. The Hall–Kier alpha value is -0.190. The van der Waals surface area contributed by atoms with E-state index >= 15 is 0 Å². The van der Waals surface area contributed by atoms with E-state index in [1.807, 2.05) is 0 Å². The van der Waals surface area contributed by atoms with Crippen LogP contribution < -0.4 is 12.3 Å². The Morgan fingerprint density at radius 1 is 0.917 bits per heavy atom. The zero-order valence-corrected chi connectivity index (χ0v) is 8.46.